The molecule has 0 spiro atoms. The van der Waals surface area contributed by atoms with Crippen LogP contribution in [-0.2, 0) is 4.79 Å². The maximum Gasteiger partial charge on any atom is 0.348 e. The zero-order valence-electron chi connectivity index (χ0n) is 7.32. The van der Waals surface area contributed by atoms with Crippen molar-refractivity contribution in [3.63, 3.8) is 0 Å². The number of carboxylic acids is 1. The maximum atomic E-state index is 11.3. The summed E-state index contributed by atoms with van der Waals surface area (Å²) in [5.74, 6) is -0.964. The minimum atomic E-state index is -0.994. The van der Waals surface area contributed by atoms with Crippen molar-refractivity contribution >= 4 is 28.9 Å². The highest BCUT2D eigenvalue weighted by molar-refractivity contribution is 7.12. The number of aromatic carboxylic acids is 1. The fraction of sp³-hybridized carbons (Fsp3) is 0.333. The molecule has 1 heterocycles. The SMILES string of the molecule is O=C(O)c1sccc1NC(=O)C1CC1. The van der Waals surface area contributed by atoms with Gasteiger partial charge in [-0.1, -0.05) is 0 Å². The standard InChI is InChI=1S/C9H9NO3S/c11-8(5-1-2-5)10-6-3-4-14-7(6)9(12)13/h3-5H,1-2H2,(H,10,11)(H,12,13). The first kappa shape index (κ1) is 9.21. The highest BCUT2D eigenvalue weighted by Crippen LogP contribution is 2.31. The predicted octanol–water partition coefficient (Wildman–Crippen LogP) is 1.79. The lowest BCUT2D eigenvalue weighted by atomic mass is 10.3. The van der Waals surface area contributed by atoms with E-state index in [1.807, 2.05) is 0 Å². The summed E-state index contributed by atoms with van der Waals surface area (Å²) in [6, 6.07) is 1.62. The van der Waals surface area contributed by atoms with E-state index >= 15 is 0 Å². The molecule has 2 N–H and O–H groups in total. The number of carboxylic acid groups (broad SMARTS) is 1. The highest BCUT2D eigenvalue weighted by atomic mass is 32.1. The Bertz CT molecular complexity index is 381. The van der Waals surface area contributed by atoms with Crippen LogP contribution in [0.5, 0.6) is 0 Å². The number of rotatable bonds is 3. The second-order valence-corrected chi connectivity index (χ2v) is 4.15. The molecule has 5 heteroatoms. The minimum absolute atomic E-state index is 0.0640. The quantitative estimate of drug-likeness (QED) is 0.801. The molecule has 0 atom stereocenters. The molecular weight excluding hydrogens is 202 g/mol. The molecule has 0 aliphatic heterocycles. The molecule has 74 valence electrons. The van der Waals surface area contributed by atoms with E-state index in [0.29, 0.717) is 5.69 Å². The summed E-state index contributed by atoms with van der Waals surface area (Å²) in [5.41, 5.74) is 0.416. The van der Waals surface area contributed by atoms with Gasteiger partial charge in [-0.25, -0.2) is 4.79 Å². The molecule has 1 aliphatic rings. The second kappa shape index (κ2) is 3.42. The molecule has 14 heavy (non-hydrogen) atoms. The van der Waals surface area contributed by atoms with Crippen LogP contribution in [0.3, 0.4) is 0 Å². The monoisotopic (exact) mass is 211 g/mol. The first-order chi connectivity index (χ1) is 6.68. The zero-order valence-corrected chi connectivity index (χ0v) is 8.13. The van der Waals surface area contributed by atoms with Crippen LogP contribution in [-0.4, -0.2) is 17.0 Å². The average molecular weight is 211 g/mol. The lowest BCUT2D eigenvalue weighted by Gasteiger charge is -2.01. The van der Waals surface area contributed by atoms with Crippen molar-refractivity contribution in [2.45, 2.75) is 12.8 Å². The van der Waals surface area contributed by atoms with Crippen LogP contribution in [0.15, 0.2) is 11.4 Å². The number of carbonyl (C=O) groups is 2. The molecule has 1 aromatic rings. The Morgan fingerprint density at radius 3 is 2.79 bits per heavy atom. The summed E-state index contributed by atoms with van der Waals surface area (Å²) in [6.07, 6.45) is 1.83. The minimum Gasteiger partial charge on any atom is -0.477 e. The summed E-state index contributed by atoms with van der Waals surface area (Å²) in [6.45, 7) is 0. The highest BCUT2D eigenvalue weighted by Gasteiger charge is 2.30. The molecule has 1 fully saturated rings. The van der Waals surface area contributed by atoms with E-state index in [9.17, 15) is 9.59 Å². The van der Waals surface area contributed by atoms with Gasteiger partial charge in [0.25, 0.3) is 0 Å². The first-order valence-corrected chi connectivity index (χ1v) is 5.18. The number of nitrogens with one attached hydrogen (secondary N) is 1. The molecule has 1 aliphatic carbocycles. The third kappa shape index (κ3) is 1.77. The molecule has 0 bridgehead atoms. The average Bonchev–Trinajstić information content (AvgIpc) is 2.87. The summed E-state index contributed by atoms with van der Waals surface area (Å²) in [7, 11) is 0. The Kier molecular flexibility index (Phi) is 2.25. The van der Waals surface area contributed by atoms with Crippen LogP contribution >= 0.6 is 11.3 Å². The van der Waals surface area contributed by atoms with Crippen molar-refractivity contribution in [2.24, 2.45) is 5.92 Å². The number of carbonyl (C=O) groups excluding carboxylic acids is 1. The van der Waals surface area contributed by atoms with Gasteiger partial charge in [0.05, 0.1) is 5.69 Å². The van der Waals surface area contributed by atoms with Crippen LogP contribution in [0.2, 0.25) is 0 Å². The Balaban J connectivity index is 2.11. The van der Waals surface area contributed by atoms with Gasteiger partial charge in [-0.2, -0.15) is 0 Å². The third-order valence-electron chi connectivity index (χ3n) is 2.07. The number of amides is 1. The normalized spacial score (nSPS) is 15.1. The molecule has 1 aromatic heterocycles. The van der Waals surface area contributed by atoms with E-state index in [2.05, 4.69) is 5.32 Å². The zero-order chi connectivity index (χ0) is 10.1. The number of hydrogen-bond donors (Lipinski definition) is 2. The fourth-order valence-corrected chi connectivity index (χ4v) is 1.84. The van der Waals surface area contributed by atoms with Gasteiger partial charge in [-0.15, -0.1) is 11.3 Å². The molecule has 2 rings (SSSR count). The van der Waals surface area contributed by atoms with E-state index in [1.54, 1.807) is 11.4 Å². The van der Waals surface area contributed by atoms with Gasteiger partial charge in [-0.3, -0.25) is 4.79 Å². The summed E-state index contributed by atoms with van der Waals surface area (Å²) in [5, 5.41) is 13.1. The van der Waals surface area contributed by atoms with Crippen molar-refractivity contribution in [3.8, 4) is 0 Å². The van der Waals surface area contributed by atoms with Crippen molar-refractivity contribution in [1.29, 1.82) is 0 Å². The summed E-state index contributed by atoms with van der Waals surface area (Å²) in [4.78, 5) is 22.3. The van der Waals surface area contributed by atoms with Crippen molar-refractivity contribution in [2.75, 3.05) is 5.32 Å². The smallest absolute Gasteiger partial charge is 0.348 e. The lowest BCUT2D eigenvalue weighted by Crippen LogP contribution is -2.14. The summed E-state index contributed by atoms with van der Waals surface area (Å²) < 4.78 is 0. The number of thiophene rings is 1. The number of hydrogen-bond acceptors (Lipinski definition) is 3. The van der Waals surface area contributed by atoms with Crippen LogP contribution in [0.1, 0.15) is 22.5 Å². The lowest BCUT2D eigenvalue weighted by molar-refractivity contribution is -0.117. The molecule has 0 aromatic carbocycles. The van der Waals surface area contributed by atoms with Crippen molar-refractivity contribution < 1.29 is 14.7 Å². The molecule has 0 radical (unpaired) electrons. The molecule has 4 nitrogen and oxygen atoms in total. The van der Waals surface area contributed by atoms with Gasteiger partial charge >= 0.3 is 5.97 Å². The van der Waals surface area contributed by atoms with Gasteiger partial charge in [0, 0.05) is 5.92 Å². The van der Waals surface area contributed by atoms with Crippen LogP contribution in [0.25, 0.3) is 0 Å². The molecule has 0 saturated heterocycles. The second-order valence-electron chi connectivity index (χ2n) is 3.23. The Morgan fingerprint density at radius 1 is 1.50 bits per heavy atom. The van der Waals surface area contributed by atoms with Crippen LogP contribution in [0, 0.1) is 5.92 Å². The first-order valence-electron chi connectivity index (χ1n) is 4.30. The van der Waals surface area contributed by atoms with Gasteiger partial charge in [0.1, 0.15) is 4.88 Å². The van der Waals surface area contributed by atoms with E-state index in [4.69, 9.17) is 5.11 Å². The Hall–Kier alpha value is -1.36. The third-order valence-corrected chi connectivity index (χ3v) is 2.97. The van der Waals surface area contributed by atoms with E-state index < -0.39 is 5.97 Å². The van der Waals surface area contributed by atoms with E-state index in [1.165, 1.54) is 0 Å². The van der Waals surface area contributed by atoms with E-state index in [-0.39, 0.29) is 16.7 Å². The molecule has 1 saturated carbocycles. The van der Waals surface area contributed by atoms with Gasteiger partial charge in [-0.05, 0) is 24.3 Å². The van der Waals surface area contributed by atoms with Crippen molar-refractivity contribution in [3.05, 3.63) is 16.3 Å². The summed E-state index contributed by atoms with van der Waals surface area (Å²) >= 11 is 1.12. The number of anilines is 1. The van der Waals surface area contributed by atoms with Gasteiger partial charge in [0.15, 0.2) is 0 Å². The van der Waals surface area contributed by atoms with Gasteiger partial charge in [0.2, 0.25) is 5.91 Å². The maximum absolute atomic E-state index is 11.3. The largest absolute Gasteiger partial charge is 0.477 e. The molecule has 0 unspecified atom stereocenters. The topological polar surface area (TPSA) is 66.4 Å². The molecule has 1 amide bonds. The van der Waals surface area contributed by atoms with E-state index in [0.717, 1.165) is 24.2 Å². The van der Waals surface area contributed by atoms with Crippen LogP contribution in [0.4, 0.5) is 5.69 Å². The van der Waals surface area contributed by atoms with Crippen molar-refractivity contribution in [1.82, 2.24) is 0 Å². The molecular formula is C9H9NO3S. The Labute approximate surface area is 84.6 Å². The van der Waals surface area contributed by atoms with Gasteiger partial charge < -0.3 is 10.4 Å². The van der Waals surface area contributed by atoms with Crippen LogP contribution < -0.4 is 5.32 Å². The fourth-order valence-electron chi connectivity index (χ4n) is 1.15. The Morgan fingerprint density at radius 2 is 2.21 bits per heavy atom. The predicted molar refractivity (Wildman–Crippen MR) is 52.6 cm³/mol.